The van der Waals surface area contributed by atoms with Gasteiger partial charge in [-0.2, -0.15) is 5.10 Å². The second-order valence-electron chi connectivity index (χ2n) is 5.65. The molecule has 2 aromatic rings. The van der Waals surface area contributed by atoms with E-state index in [0.717, 1.165) is 31.0 Å². The van der Waals surface area contributed by atoms with E-state index in [-0.39, 0.29) is 0 Å². The van der Waals surface area contributed by atoms with Gasteiger partial charge in [0.25, 0.3) is 0 Å². The van der Waals surface area contributed by atoms with E-state index in [4.69, 9.17) is 4.74 Å². The molecule has 1 aliphatic rings. The van der Waals surface area contributed by atoms with Crippen LogP contribution in [0.5, 0.6) is 5.75 Å². The van der Waals surface area contributed by atoms with Gasteiger partial charge in [-0.3, -0.25) is 4.68 Å². The van der Waals surface area contributed by atoms with Gasteiger partial charge in [-0.15, -0.1) is 0 Å². The van der Waals surface area contributed by atoms with E-state index in [0.29, 0.717) is 12.0 Å². The monoisotopic (exact) mass is 285 g/mol. The van der Waals surface area contributed by atoms with E-state index in [1.54, 1.807) is 0 Å². The van der Waals surface area contributed by atoms with Crippen molar-refractivity contribution in [2.24, 2.45) is 0 Å². The Kier molecular flexibility index (Phi) is 3.97. The van der Waals surface area contributed by atoms with Crippen molar-refractivity contribution in [1.29, 1.82) is 0 Å². The molecule has 1 aromatic carbocycles. The highest BCUT2D eigenvalue weighted by Crippen LogP contribution is 2.36. The van der Waals surface area contributed by atoms with Gasteiger partial charge in [-0.1, -0.05) is 18.2 Å². The molecule has 1 aromatic heterocycles. The van der Waals surface area contributed by atoms with E-state index >= 15 is 0 Å². The summed E-state index contributed by atoms with van der Waals surface area (Å²) in [5.41, 5.74) is 3.69. The molecular weight excluding hydrogens is 262 g/mol. The first-order valence-electron chi connectivity index (χ1n) is 7.65. The third-order valence-corrected chi connectivity index (χ3v) is 4.31. The molecule has 0 amide bonds. The molecule has 21 heavy (non-hydrogen) atoms. The highest BCUT2D eigenvalue weighted by molar-refractivity contribution is 5.40. The van der Waals surface area contributed by atoms with Gasteiger partial charge in [0.15, 0.2) is 0 Å². The molecule has 2 heterocycles. The lowest BCUT2D eigenvalue weighted by molar-refractivity contribution is 0.300. The number of para-hydroxylation sites is 1. The molecule has 4 heteroatoms. The molecule has 1 N–H and O–H groups in total. The zero-order valence-electron chi connectivity index (χ0n) is 13.0. The van der Waals surface area contributed by atoms with Gasteiger partial charge in [0.1, 0.15) is 5.75 Å². The van der Waals surface area contributed by atoms with Gasteiger partial charge >= 0.3 is 0 Å². The van der Waals surface area contributed by atoms with Crippen molar-refractivity contribution < 1.29 is 4.74 Å². The molecule has 1 aliphatic heterocycles. The Bertz CT molecular complexity index is 620. The summed E-state index contributed by atoms with van der Waals surface area (Å²) in [7, 11) is 2.03. The first-order chi connectivity index (χ1) is 10.2. The van der Waals surface area contributed by atoms with E-state index in [1.807, 2.05) is 13.1 Å². The van der Waals surface area contributed by atoms with Crippen LogP contribution in [0.15, 0.2) is 30.3 Å². The van der Waals surface area contributed by atoms with Crippen molar-refractivity contribution in [3.63, 3.8) is 0 Å². The molecule has 4 nitrogen and oxygen atoms in total. The minimum Gasteiger partial charge on any atom is -0.493 e. The third-order valence-electron chi connectivity index (χ3n) is 4.31. The molecular formula is C17H23N3O. The van der Waals surface area contributed by atoms with Crippen molar-refractivity contribution in [3.8, 4) is 5.75 Å². The van der Waals surface area contributed by atoms with Crippen molar-refractivity contribution in [2.45, 2.75) is 38.8 Å². The molecule has 2 atom stereocenters. The Morgan fingerprint density at radius 2 is 2.24 bits per heavy atom. The second-order valence-corrected chi connectivity index (χ2v) is 5.65. The van der Waals surface area contributed by atoms with Gasteiger partial charge in [0.05, 0.1) is 12.3 Å². The van der Waals surface area contributed by atoms with E-state index in [2.05, 4.69) is 53.2 Å². The number of likely N-dealkylation sites (N-methyl/N-ethyl adjacent to an activating group) is 1. The predicted molar refractivity (Wildman–Crippen MR) is 83.9 cm³/mol. The molecule has 0 bridgehead atoms. The zero-order chi connectivity index (χ0) is 14.8. The number of nitrogens with zero attached hydrogens (tertiary/aromatic N) is 2. The zero-order valence-corrected chi connectivity index (χ0v) is 13.0. The summed E-state index contributed by atoms with van der Waals surface area (Å²) >= 11 is 0. The number of aromatic nitrogens is 2. The maximum absolute atomic E-state index is 5.83. The van der Waals surface area contributed by atoms with Gasteiger partial charge in [-0.25, -0.2) is 0 Å². The maximum atomic E-state index is 5.83. The fraction of sp³-hybridized carbons (Fsp3) is 0.471. The summed E-state index contributed by atoms with van der Waals surface area (Å²) < 4.78 is 7.93. The summed E-state index contributed by atoms with van der Waals surface area (Å²) in [5, 5.41) is 8.02. The minimum absolute atomic E-state index is 0.357. The molecule has 0 saturated carbocycles. The largest absolute Gasteiger partial charge is 0.493 e. The van der Waals surface area contributed by atoms with Crippen LogP contribution in [0.3, 0.4) is 0 Å². The van der Waals surface area contributed by atoms with Crippen LogP contribution in [0, 0.1) is 6.92 Å². The normalized spacial score (nSPS) is 18.3. The van der Waals surface area contributed by atoms with Crippen LogP contribution in [-0.4, -0.2) is 29.5 Å². The SMILES string of the molecule is CCn1nc(C)cc1CC(NC)C1COc2ccccc21. The Labute approximate surface area is 126 Å². The standard InChI is InChI=1S/C17H23N3O/c1-4-20-13(9-12(2)19-20)10-16(18-3)15-11-21-17-8-6-5-7-14(15)17/h5-9,15-16,18H,4,10-11H2,1-3H3. The molecule has 112 valence electrons. The summed E-state index contributed by atoms with van der Waals surface area (Å²) in [6, 6.07) is 10.9. The molecule has 3 rings (SSSR count). The Morgan fingerprint density at radius 1 is 1.43 bits per heavy atom. The van der Waals surface area contributed by atoms with Crippen LogP contribution in [0.2, 0.25) is 0 Å². The van der Waals surface area contributed by atoms with Crippen LogP contribution in [0.4, 0.5) is 0 Å². The Hall–Kier alpha value is -1.81. The van der Waals surface area contributed by atoms with Crippen LogP contribution in [0.25, 0.3) is 0 Å². The van der Waals surface area contributed by atoms with E-state index < -0.39 is 0 Å². The summed E-state index contributed by atoms with van der Waals surface area (Å²) in [6.07, 6.45) is 0.966. The van der Waals surface area contributed by atoms with Crippen molar-refractivity contribution in [2.75, 3.05) is 13.7 Å². The predicted octanol–water partition coefficient (Wildman–Crippen LogP) is 2.52. The number of nitrogens with one attached hydrogen (secondary N) is 1. The minimum atomic E-state index is 0.357. The number of hydrogen-bond acceptors (Lipinski definition) is 3. The fourth-order valence-electron chi connectivity index (χ4n) is 3.23. The first kappa shape index (κ1) is 14.1. The number of fused-ring (bicyclic) bond motifs is 1. The van der Waals surface area contributed by atoms with Crippen molar-refractivity contribution in [1.82, 2.24) is 15.1 Å². The lowest BCUT2D eigenvalue weighted by atomic mass is 9.90. The van der Waals surface area contributed by atoms with E-state index in [1.165, 1.54) is 11.3 Å². The smallest absolute Gasteiger partial charge is 0.122 e. The molecule has 0 radical (unpaired) electrons. The van der Waals surface area contributed by atoms with Gasteiger partial charge in [-0.05, 0) is 33.0 Å². The van der Waals surface area contributed by atoms with Crippen molar-refractivity contribution >= 4 is 0 Å². The second kappa shape index (κ2) is 5.90. The molecule has 0 fully saturated rings. The van der Waals surface area contributed by atoms with Gasteiger partial charge in [0, 0.05) is 36.2 Å². The summed E-state index contributed by atoms with van der Waals surface area (Å²) in [5.74, 6) is 1.43. The van der Waals surface area contributed by atoms with Gasteiger partial charge < -0.3 is 10.1 Å². The number of hydrogen-bond donors (Lipinski definition) is 1. The fourth-order valence-corrected chi connectivity index (χ4v) is 3.23. The van der Waals surface area contributed by atoms with Gasteiger partial charge in [0.2, 0.25) is 0 Å². The summed E-state index contributed by atoms with van der Waals surface area (Å²) in [4.78, 5) is 0. The number of benzene rings is 1. The number of aryl methyl sites for hydroxylation is 2. The topological polar surface area (TPSA) is 39.1 Å². The molecule has 2 unspecified atom stereocenters. The van der Waals surface area contributed by atoms with Crippen molar-refractivity contribution in [3.05, 3.63) is 47.3 Å². The molecule has 0 aliphatic carbocycles. The lowest BCUT2D eigenvalue weighted by Gasteiger charge is -2.22. The maximum Gasteiger partial charge on any atom is 0.122 e. The Balaban J connectivity index is 1.83. The highest BCUT2D eigenvalue weighted by Gasteiger charge is 2.31. The van der Waals surface area contributed by atoms with Crippen LogP contribution in [0.1, 0.15) is 29.8 Å². The van der Waals surface area contributed by atoms with Crippen LogP contribution in [-0.2, 0) is 13.0 Å². The molecule has 0 saturated heterocycles. The number of ether oxygens (including phenoxy) is 1. The molecule has 0 spiro atoms. The quantitative estimate of drug-likeness (QED) is 0.917. The lowest BCUT2D eigenvalue weighted by Crippen LogP contribution is -2.35. The average Bonchev–Trinajstić information content (AvgIpc) is 3.08. The van der Waals surface area contributed by atoms with E-state index in [9.17, 15) is 0 Å². The average molecular weight is 285 g/mol. The third kappa shape index (κ3) is 2.68. The van der Waals surface area contributed by atoms with Crippen LogP contribution >= 0.6 is 0 Å². The van der Waals surface area contributed by atoms with Crippen LogP contribution < -0.4 is 10.1 Å². The Morgan fingerprint density at radius 3 is 3.00 bits per heavy atom. The highest BCUT2D eigenvalue weighted by atomic mass is 16.5. The first-order valence-corrected chi connectivity index (χ1v) is 7.65. The summed E-state index contributed by atoms with van der Waals surface area (Å²) in [6.45, 7) is 5.86. The number of rotatable bonds is 5.